The Bertz CT molecular complexity index is 1500. The molecule has 0 N–H and O–H groups in total. The summed E-state index contributed by atoms with van der Waals surface area (Å²) in [4.78, 5) is 11.8. The van der Waals surface area contributed by atoms with Crippen molar-refractivity contribution in [1.29, 1.82) is 0 Å². The van der Waals surface area contributed by atoms with Gasteiger partial charge in [-0.2, -0.15) is 18.3 Å². The van der Waals surface area contributed by atoms with E-state index in [1.807, 2.05) is 57.2 Å². The molecule has 39 heavy (non-hydrogen) atoms. The fourth-order valence-electron chi connectivity index (χ4n) is 4.27. The maximum atomic E-state index is 13.7. The number of esters is 1. The van der Waals surface area contributed by atoms with Crippen LogP contribution in [0.3, 0.4) is 0 Å². The number of aryl methyl sites for hydroxylation is 1. The van der Waals surface area contributed by atoms with Crippen LogP contribution in [0, 0.1) is 6.92 Å². The Kier molecular flexibility index (Phi) is 8.24. The molecule has 4 rings (SSSR count). The average Bonchev–Trinajstić information content (AvgIpc) is 3.35. The van der Waals surface area contributed by atoms with Gasteiger partial charge in [-0.3, -0.25) is 0 Å². The number of rotatable bonds is 8. The van der Waals surface area contributed by atoms with Crippen molar-refractivity contribution in [2.45, 2.75) is 39.5 Å². The number of halogens is 3. The number of hydrogen-bond acceptors (Lipinski definition) is 4. The van der Waals surface area contributed by atoms with Gasteiger partial charge in [0.2, 0.25) is 0 Å². The minimum absolute atomic E-state index is 0.0385. The molecule has 3 aromatic carbocycles. The highest BCUT2D eigenvalue weighted by molar-refractivity contribution is 5.90. The molecule has 0 unspecified atom stereocenters. The van der Waals surface area contributed by atoms with Crippen molar-refractivity contribution in [3.63, 3.8) is 0 Å². The van der Waals surface area contributed by atoms with E-state index in [1.54, 1.807) is 30.5 Å². The molecule has 0 atom stereocenters. The largest absolute Gasteiger partial charge is 0.487 e. The van der Waals surface area contributed by atoms with Gasteiger partial charge in [-0.15, -0.1) is 0 Å². The number of hydrogen-bond donors (Lipinski definition) is 0. The number of carbonyl (C=O) groups excluding carboxylic acids is 1. The molecule has 0 bridgehead atoms. The van der Waals surface area contributed by atoms with Crippen molar-refractivity contribution < 1.29 is 27.4 Å². The van der Waals surface area contributed by atoms with Gasteiger partial charge in [0.05, 0.1) is 35.8 Å². The van der Waals surface area contributed by atoms with Crippen molar-refractivity contribution in [2.75, 3.05) is 7.11 Å². The average molecular weight is 535 g/mol. The molecule has 202 valence electrons. The molecule has 0 saturated carbocycles. The first-order chi connectivity index (χ1) is 18.6. The highest BCUT2D eigenvalue weighted by atomic mass is 19.4. The van der Waals surface area contributed by atoms with E-state index in [1.165, 1.54) is 23.9 Å². The molecule has 0 saturated heterocycles. The van der Waals surface area contributed by atoms with Gasteiger partial charge in [-0.25, -0.2) is 9.48 Å². The summed E-state index contributed by atoms with van der Waals surface area (Å²) < 4.78 is 53.3. The number of aromatic nitrogens is 2. The molecule has 4 aromatic rings. The van der Waals surface area contributed by atoms with Crippen LogP contribution in [-0.2, 0) is 17.5 Å². The van der Waals surface area contributed by atoms with Crippen molar-refractivity contribution >= 4 is 18.1 Å². The second-order valence-corrected chi connectivity index (χ2v) is 9.39. The Morgan fingerprint density at radius 2 is 1.79 bits per heavy atom. The van der Waals surface area contributed by atoms with Gasteiger partial charge in [0, 0.05) is 0 Å². The SMILES string of the molecule is COC(=O)c1cccc(C=Cc2ccc(OCc3c(C(C)C)cnn3-c3ccccc3C(F)(F)F)cc2C)c1. The Balaban J connectivity index is 1.56. The summed E-state index contributed by atoms with van der Waals surface area (Å²) in [5.41, 5.74) is 3.82. The smallest absolute Gasteiger partial charge is 0.418 e. The van der Waals surface area contributed by atoms with Crippen LogP contribution in [0.4, 0.5) is 13.2 Å². The molecule has 0 aliphatic rings. The van der Waals surface area contributed by atoms with Crippen LogP contribution in [0.15, 0.2) is 72.9 Å². The lowest BCUT2D eigenvalue weighted by atomic mass is 10.0. The lowest BCUT2D eigenvalue weighted by Crippen LogP contribution is -2.14. The van der Waals surface area contributed by atoms with Crippen molar-refractivity contribution in [2.24, 2.45) is 0 Å². The zero-order chi connectivity index (χ0) is 28.2. The molecule has 0 radical (unpaired) electrons. The highest BCUT2D eigenvalue weighted by Crippen LogP contribution is 2.35. The monoisotopic (exact) mass is 534 g/mol. The van der Waals surface area contributed by atoms with Crippen molar-refractivity contribution in [3.8, 4) is 11.4 Å². The third kappa shape index (κ3) is 6.39. The van der Waals surface area contributed by atoms with Crippen LogP contribution in [0.1, 0.15) is 63.6 Å². The Hall–Kier alpha value is -4.33. The lowest BCUT2D eigenvalue weighted by Gasteiger charge is -2.17. The summed E-state index contributed by atoms with van der Waals surface area (Å²) in [6.45, 7) is 5.93. The minimum atomic E-state index is -4.51. The Labute approximate surface area is 225 Å². The third-order valence-corrected chi connectivity index (χ3v) is 6.34. The summed E-state index contributed by atoms with van der Waals surface area (Å²) in [6, 6.07) is 18.1. The van der Waals surface area contributed by atoms with E-state index in [2.05, 4.69) is 5.10 Å². The zero-order valence-electron chi connectivity index (χ0n) is 22.1. The van der Waals surface area contributed by atoms with Crippen LogP contribution < -0.4 is 4.74 Å². The molecule has 5 nitrogen and oxygen atoms in total. The first-order valence-electron chi connectivity index (χ1n) is 12.4. The van der Waals surface area contributed by atoms with Crippen molar-refractivity contribution in [1.82, 2.24) is 9.78 Å². The molecule has 0 aliphatic heterocycles. The van der Waals surface area contributed by atoms with Gasteiger partial charge in [-0.05, 0) is 71.5 Å². The molecule has 8 heteroatoms. The second-order valence-electron chi connectivity index (χ2n) is 9.39. The molecular formula is C31H29F3N2O3. The molecule has 0 fully saturated rings. The fourth-order valence-corrected chi connectivity index (χ4v) is 4.27. The van der Waals surface area contributed by atoms with E-state index < -0.39 is 17.7 Å². The molecule has 0 aliphatic carbocycles. The minimum Gasteiger partial charge on any atom is -0.487 e. The van der Waals surface area contributed by atoms with Crippen molar-refractivity contribution in [3.05, 3.63) is 112 Å². The van der Waals surface area contributed by atoms with Gasteiger partial charge >= 0.3 is 12.1 Å². The summed E-state index contributed by atoms with van der Waals surface area (Å²) in [5.74, 6) is 0.234. The first-order valence-corrected chi connectivity index (χ1v) is 12.4. The van der Waals surface area contributed by atoms with Gasteiger partial charge in [-0.1, -0.05) is 56.3 Å². The van der Waals surface area contributed by atoms with E-state index in [0.717, 1.165) is 28.3 Å². The maximum Gasteiger partial charge on any atom is 0.418 e. The van der Waals surface area contributed by atoms with Crippen LogP contribution in [0.5, 0.6) is 5.75 Å². The van der Waals surface area contributed by atoms with Crippen LogP contribution in [-0.4, -0.2) is 22.9 Å². The van der Waals surface area contributed by atoms with Gasteiger partial charge in [0.15, 0.2) is 0 Å². The molecule has 0 amide bonds. The topological polar surface area (TPSA) is 53.4 Å². The van der Waals surface area contributed by atoms with E-state index in [9.17, 15) is 18.0 Å². The summed E-state index contributed by atoms with van der Waals surface area (Å²) >= 11 is 0. The fraction of sp³-hybridized carbons (Fsp3) is 0.226. The molecular weight excluding hydrogens is 505 g/mol. The first kappa shape index (κ1) is 27.7. The number of para-hydroxylation sites is 1. The van der Waals surface area contributed by atoms with E-state index in [4.69, 9.17) is 9.47 Å². The second kappa shape index (κ2) is 11.6. The predicted octanol–water partition coefficient (Wildman–Crippen LogP) is 7.86. The normalized spacial score (nSPS) is 11.8. The molecule has 0 spiro atoms. The van der Waals surface area contributed by atoms with Crippen LogP contribution >= 0.6 is 0 Å². The Morgan fingerprint density at radius 1 is 1.03 bits per heavy atom. The van der Waals surface area contributed by atoms with Gasteiger partial charge in [0.1, 0.15) is 12.4 Å². The van der Waals surface area contributed by atoms with Crippen LogP contribution in [0.25, 0.3) is 17.8 Å². The van der Waals surface area contributed by atoms with E-state index in [-0.39, 0.29) is 18.2 Å². The van der Waals surface area contributed by atoms with Gasteiger partial charge < -0.3 is 9.47 Å². The molecule has 1 heterocycles. The number of methoxy groups -OCH3 is 1. The lowest BCUT2D eigenvalue weighted by molar-refractivity contribution is -0.137. The van der Waals surface area contributed by atoms with E-state index in [0.29, 0.717) is 17.0 Å². The quantitative estimate of drug-likeness (QED) is 0.171. The van der Waals surface area contributed by atoms with Gasteiger partial charge in [0.25, 0.3) is 0 Å². The standard InChI is InChI=1S/C31H29F3N2O3/c1-20(2)26-18-35-36(28-11-6-5-10-27(28)31(32,33)34)29(26)19-39-25-15-14-23(21(3)16-25)13-12-22-8-7-9-24(17-22)30(37)38-4/h5-18,20H,19H2,1-4H3. The number of ether oxygens (including phenoxy) is 2. The molecule has 1 aromatic heterocycles. The Morgan fingerprint density at radius 3 is 2.49 bits per heavy atom. The number of nitrogens with zero attached hydrogens (tertiary/aromatic N) is 2. The highest BCUT2D eigenvalue weighted by Gasteiger charge is 2.34. The van der Waals surface area contributed by atoms with E-state index >= 15 is 0 Å². The summed E-state index contributed by atoms with van der Waals surface area (Å²) in [5, 5.41) is 4.30. The maximum absolute atomic E-state index is 13.7. The summed E-state index contributed by atoms with van der Waals surface area (Å²) in [7, 11) is 1.34. The predicted molar refractivity (Wildman–Crippen MR) is 145 cm³/mol. The third-order valence-electron chi connectivity index (χ3n) is 6.34. The zero-order valence-corrected chi connectivity index (χ0v) is 22.1. The number of alkyl halides is 3. The summed E-state index contributed by atoms with van der Waals surface area (Å²) in [6.07, 6.45) is 0.932. The number of carbonyl (C=O) groups is 1. The van der Waals surface area contributed by atoms with Crippen LogP contribution in [0.2, 0.25) is 0 Å². The number of benzene rings is 3.